The number of fused-ring (bicyclic) bond motifs is 1. The third-order valence-corrected chi connectivity index (χ3v) is 8.02. The summed E-state index contributed by atoms with van der Waals surface area (Å²) in [6, 6.07) is 4.32. The molecule has 0 aromatic heterocycles. The number of carbonyl (C=O) groups is 1. The summed E-state index contributed by atoms with van der Waals surface area (Å²) in [5, 5.41) is 9.74. The van der Waals surface area contributed by atoms with Gasteiger partial charge in [-0.15, -0.1) is 0 Å². The number of hydrogen-bond acceptors (Lipinski definition) is 6. The van der Waals surface area contributed by atoms with Crippen LogP contribution in [-0.4, -0.2) is 93.1 Å². The van der Waals surface area contributed by atoms with Crippen LogP contribution >= 0.6 is 0 Å². The maximum absolute atomic E-state index is 13.5. The van der Waals surface area contributed by atoms with E-state index in [0.717, 1.165) is 12.8 Å². The second-order valence-corrected chi connectivity index (χ2v) is 11.3. The Labute approximate surface area is 197 Å². The Hall–Kier alpha value is -2.12. The SMILES string of the molecule is C[C@@H]1CN([C@@H](C)CO)S(=O)(=O)c2ccc(C#CC3CC3)cc2O[C@H]1CN(C)C(=O)CN(C)C. The molecular weight excluding hydrogens is 442 g/mol. The first kappa shape index (κ1) is 25.5. The predicted octanol–water partition coefficient (Wildman–Crippen LogP) is 1.24. The molecule has 2 aliphatic rings. The first-order valence-corrected chi connectivity index (χ1v) is 12.8. The van der Waals surface area contributed by atoms with Gasteiger partial charge in [-0.1, -0.05) is 18.8 Å². The molecule has 1 N–H and O–H groups in total. The van der Waals surface area contributed by atoms with E-state index in [2.05, 4.69) is 11.8 Å². The molecule has 3 rings (SSSR count). The molecule has 0 radical (unpaired) electrons. The maximum atomic E-state index is 13.5. The standard InChI is InChI=1S/C24H35N3O5S/c1-17-13-27(18(2)16-28)33(30,31)23-11-10-20(9-8-19-6-7-19)12-21(23)32-22(17)14-26(5)24(29)15-25(3)4/h10-12,17-19,22,28H,6-7,13-16H2,1-5H3/t17-,18+,22+/m1/s1. The van der Waals surface area contributed by atoms with Crippen molar-refractivity contribution in [1.82, 2.24) is 14.1 Å². The number of carbonyl (C=O) groups excluding carboxylic acids is 1. The summed E-state index contributed by atoms with van der Waals surface area (Å²) >= 11 is 0. The molecule has 9 heteroatoms. The van der Waals surface area contributed by atoms with Crippen molar-refractivity contribution in [2.24, 2.45) is 11.8 Å². The highest BCUT2D eigenvalue weighted by Crippen LogP contribution is 2.34. The number of amides is 1. The van der Waals surface area contributed by atoms with Crippen molar-refractivity contribution >= 4 is 15.9 Å². The molecule has 1 aromatic rings. The van der Waals surface area contributed by atoms with Gasteiger partial charge in [-0.05, 0) is 52.1 Å². The molecule has 0 spiro atoms. The van der Waals surface area contributed by atoms with E-state index >= 15 is 0 Å². The molecule has 0 saturated heterocycles. The lowest BCUT2D eigenvalue weighted by molar-refractivity contribution is -0.132. The Balaban J connectivity index is 1.99. The van der Waals surface area contributed by atoms with E-state index in [4.69, 9.17) is 4.74 Å². The Bertz CT molecular complexity index is 1030. The largest absolute Gasteiger partial charge is 0.487 e. The molecule has 182 valence electrons. The monoisotopic (exact) mass is 477 g/mol. The smallest absolute Gasteiger partial charge is 0.247 e. The second kappa shape index (κ2) is 10.4. The van der Waals surface area contributed by atoms with Gasteiger partial charge in [-0.2, -0.15) is 4.31 Å². The van der Waals surface area contributed by atoms with Crippen LogP contribution in [0.3, 0.4) is 0 Å². The van der Waals surface area contributed by atoms with Gasteiger partial charge in [0.25, 0.3) is 0 Å². The second-order valence-electron chi connectivity index (χ2n) is 9.46. The van der Waals surface area contributed by atoms with Crippen LogP contribution < -0.4 is 4.74 Å². The summed E-state index contributed by atoms with van der Waals surface area (Å²) in [6.07, 6.45) is 1.77. The van der Waals surface area contributed by atoms with Gasteiger partial charge in [-0.3, -0.25) is 4.79 Å². The first-order valence-electron chi connectivity index (χ1n) is 11.4. The van der Waals surface area contributed by atoms with E-state index in [1.54, 1.807) is 35.9 Å². The minimum absolute atomic E-state index is 0.0460. The number of nitrogens with zero attached hydrogens (tertiary/aromatic N) is 3. The van der Waals surface area contributed by atoms with Crippen LogP contribution in [0.25, 0.3) is 0 Å². The van der Waals surface area contributed by atoms with Crippen LogP contribution in [0.4, 0.5) is 0 Å². The third-order valence-electron chi connectivity index (χ3n) is 6.00. The van der Waals surface area contributed by atoms with Crippen molar-refractivity contribution in [3.8, 4) is 17.6 Å². The van der Waals surface area contributed by atoms with Gasteiger partial charge in [0.1, 0.15) is 16.7 Å². The minimum atomic E-state index is -3.89. The van der Waals surface area contributed by atoms with Crippen LogP contribution in [-0.2, 0) is 14.8 Å². The van der Waals surface area contributed by atoms with E-state index < -0.39 is 22.2 Å². The lowest BCUT2D eigenvalue weighted by atomic mass is 10.0. The zero-order valence-corrected chi connectivity index (χ0v) is 20.9. The van der Waals surface area contributed by atoms with Crippen molar-refractivity contribution in [3.05, 3.63) is 23.8 Å². The molecular formula is C24H35N3O5S. The van der Waals surface area contributed by atoms with Crippen LogP contribution in [0.1, 0.15) is 32.3 Å². The van der Waals surface area contributed by atoms with E-state index in [1.165, 1.54) is 10.4 Å². The van der Waals surface area contributed by atoms with Gasteiger partial charge in [0.15, 0.2) is 0 Å². The first-order chi connectivity index (χ1) is 15.5. The predicted molar refractivity (Wildman–Crippen MR) is 126 cm³/mol. The van der Waals surface area contributed by atoms with Crippen LogP contribution in [0, 0.1) is 23.7 Å². The molecule has 1 heterocycles. The molecule has 33 heavy (non-hydrogen) atoms. The fraction of sp³-hybridized carbons (Fsp3) is 0.625. The van der Waals surface area contributed by atoms with Gasteiger partial charge in [0.05, 0.1) is 19.7 Å². The summed E-state index contributed by atoms with van der Waals surface area (Å²) in [7, 11) is 1.50. The maximum Gasteiger partial charge on any atom is 0.247 e. The molecule has 3 atom stereocenters. The van der Waals surface area contributed by atoms with E-state index in [1.807, 2.05) is 21.0 Å². The summed E-state index contributed by atoms with van der Waals surface area (Å²) in [4.78, 5) is 16.0. The number of likely N-dealkylation sites (N-methyl/N-ethyl adjacent to an activating group) is 2. The molecule has 1 aliphatic heterocycles. The topological polar surface area (TPSA) is 90.4 Å². The van der Waals surface area contributed by atoms with Gasteiger partial charge >= 0.3 is 0 Å². The number of ether oxygens (including phenoxy) is 1. The summed E-state index contributed by atoms with van der Waals surface area (Å²) < 4.78 is 34.6. The van der Waals surface area contributed by atoms with E-state index in [-0.39, 0.29) is 42.2 Å². The summed E-state index contributed by atoms with van der Waals surface area (Å²) in [5.41, 5.74) is 0.696. The van der Waals surface area contributed by atoms with Crippen molar-refractivity contribution in [2.75, 3.05) is 47.4 Å². The molecule has 8 nitrogen and oxygen atoms in total. The number of aliphatic hydroxyl groups is 1. The third kappa shape index (κ3) is 6.27. The van der Waals surface area contributed by atoms with Crippen LogP contribution in [0.2, 0.25) is 0 Å². The van der Waals surface area contributed by atoms with Gasteiger partial charge in [0.2, 0.25) is 15.9 Å². The Morgan fingerprint density at radius 3 is 2.61 bits per heavy atom. The van der Waals surface area contributed by atoms with Crippen LogP contribution in [0.5, 0.6) is 5.75 Å². The van der Waals surface area contributed by atoms with E-state index in [0.29, 0.717) is 18.0 Å². The molecule has 0 unspecified atom stereocenters. The minimum Gasteiger partial charge on any atom is -0.487 e. The molecule has 1 fully saturated rings. The van der Waals surface area contributed by atoms with Crippen molar-refractivity contribution in [1.29, 1.82) is 0 Å². The molecule has 0 bridgehead atoms. The lowest BCUT2D eigenvalue weighted by Gasteiger charge is -2.37. The average molecular weight is 478 g/mol. The number of aliphatic hydroxyl groups excluding tert-OH is 1. The lowest BCUT2D eigenvalue weighted by Crippen LogP contribution is -2.50. The fourth-order valence-corrected chi connectivity index (χ4v) is 5.52. The van der Waals surface area contributed by atoms with Crippen molar-refractivity contribution in [2.45, 2.75) is 43.7 Å². The molecule has 1 aromatic carbocycles. The Kier molecular flexibility index (Phi) is 8.06. The molecule has 1 amide bonds. The molecule has 1 aliphatic carbocycles. The highest BCUT2D eigenvalue weighted by Gasteiger charge is 2.38. The van der Waals surface area contributed by atoms with Gasteiger partial charge in [0, 0.05) is 37.0 Å². The van der Waals surface area contributed by atoms with Gasteiger partial charge < -0.3 is 19.6 Å². The van der Waals surface area contributed by atoms with E-state index in [9.17, 15) is 18.3 Å². The van der Waals surface area contributed by atoms with Gasteiger partial charge in [-0.25, -0.2) is 8.42 Å². The fourth-order valence-electron chi connectivity index (χ4n) is 3.70. The normalized spacial score (nSPS) is 23.4. The number of benzene rings is 1. The Morgan fingerprint density at radius 1 is 1.30 bits per heavy atom. The highest BCUT2D eigenvalue weighted by molar-refractivity contribution is 7.89. The average Bonchev–Trinajstić information content (AvgIpc) is 3.58. The summed E-state index contributed by atoms with van der Waals surface area (Å²) in [5.74, 6) is 6.70. The zero-order valence-electron chi connectivity index (χ0n) is 20.1. The molecule has 1 saturated carbocycles. The number of sulfonamides is 1. The zero-order chi connectivity index (χ0) is 24.3. The van der Waals surface area contributed by atoms with Crippen LogP contribution in [0.15, 0.2) is 23.1 Å². The summed E-state index contributed by atoms with van der Waals surface area (Å²) in [6.45, 7) is 4.06. The number of hydrogen-bond donors (Lipinski definition) is 1. The quantitative estimate of drug-likeness (QED) is 0.620. The van der Waals surface area contributed by atoms with Crippen molar-refractivity contribution in [3.63, 3.8) is 0 Å². The van der Waals surface area contributed by atoms with Crippen molar-refractivity contribution < 1.29 is 23.1 Å². The number of rotatable bonds is 6. The Morgan fingerprint density at radius 2 is 2.00 bits per heavy atom. The highest BCUT2D eigenvalue weighted by atomic mass is 32.2.